The van der Waals surface area contributed by atoms with E-state index in [1.165, 1.54) is 16.4 Å². The van der Waals surface area contributed by atoms with Crippen LogP contribution in [0.2, 0.25) is 10.0 Å². The summed E-state index contributed by atoms with van der Waals surface area (Å²) in [6.45, 7) is 2.43. The van der Waals surface area contributed by atoms with Gasteiger partial charge >= 0.3 is 5.97 Å². The summed E-state index contributed by atoms with van der Waals surface area (Å²) < 4.78 is 31.9. The second-order valence-corrected chi connectivity index (χ2v) is 10.3. The van der Waals surface area contributed by atoms with Crippen molar-refractivity contribution >= 4 is 50.8 Å². The number of carbonyl (C=O) groups excluding carboxylic acids is 2. The van der Waals surface area contributed by atoms with Crippen LogP contribution in [0.1, 0.15) is 35.7 Å². The average Bonchev–Trinajstić information content (AvgIpc) is 2.75. The summed E-state index contributed by atoms with van der Waals surface area (Å²) in [7, 11) is -3.51. The van der Waals surface area contributed by atoms with E-state index in [4.69, 9.17) is 27.9 Å². The Balaban J connectivity index is 1.59. The zero-order valence-corrected chi connectivity index (χ0v) is 19.8. The van der Waals surface area contributed by atoms with E-state index in [9.17, 15) is 18.0 Å². The number of anilines is 1. The predicted molar refractivity (Wildman–Crippen MR) is 124 cm³/mol. The topological polar surface area (TPSA) is 92.8 Å². The number of ether oxygens (including phenoxy) is 1. The number of nitrogens with zero attached hydrogens (tertiary/aromatic N) is 1. The highest BCUT2D eigenvalue weighted by Crippen LogP contribution is 2.26. The standard InChI is InChI=1S/C22H24Cl2N2O5S/c1-2-31-22(28)19-13-18(6-7-20(19)24)25-21(27)16-8-10-26(11-9-16)32(29,30)14-15-4-3-5-17(23)12-15/h3-7,12-13,16H,2,8-11,14H2,1H3,(H,25,27). The van der Waals surface area contributed by atoms with E-state index in [1.807, 2.05) is 0 Å². The van der Waals surface area contributed by atoms with E-state index in [0.717, 1.165) is 0 Å². The molecule has 3 rings (SSSR count). The maximum Gasteiger partial charge on any atom is 0.339 e. The summed E-state index contributed by atoms with van der Waals surface area (Å²) in [4.78, 5) is 24.7. The Hall–Kier alpha value is -2.13. The van der Waals surface area contributed by atoms with Gasteiger partial charge in [-0.15, -0.1) is 0 Å². The molecule has 1 heterocycles. The minimum atomic E-state index is -3.51. The molecule has 1 fully saturated rings. The van der Waals surface area contributed by atoms with Crippen LogP contribution in [0.25, 0.3) is 0 Å². The van der Waals surface area contributed by atoms with Crippen LogP contribution >= 0.6 is 23.2 Å². The molecule has 172 valence electrons. The van der Waals surface area contributed by atoms with Gasteiger partial charge in [0.05, 0.1) is 22.9 Å². The summed E-state index contributed by atoms with van der Waals surface area (Å²) in [6.07, 6.45) is 0.803. The Bertz CT molecular complexity index is 1100. The number of benzene rings is 2. The molecule has 2 aromatic rings. The lowest BCUT2D eigenvalue weighted by Crippen LogP contribution is -2.41. The Labute approximate surface area is 197 Å². The Morgan fingerprint density at radius 3 is 2.50 bits per heavy atom. The normalized spacial score (nSPS) is 15.3. The molecule has 0 radical (unpaired) electrons. The zero-order valence-electron chi connectivity index (χ0n) is 17.5. The van der Waals surface area contributed by atoms with Gasteiger partial charge in [0, 0.05) is 29.7 Å². The molecule has 10 heteroatoms. The van der Waals surface area contributed by atoms with Crippen LogP contribution in [0, 0.1) is 5.92 Å². The molecule has 1 N–H and O–H groups in total. The predicted octanol–water partition coefficient (Wildman–Crippen LogP) is 4.35. The van der Waals surface area contributed by atoms with Crippen molar-refractivity contribution in [2.75, 3.05) is 25.0 Å². The van der Waals surface area contributed by atoms with Crippen molar-refractivity contribution in [3.05, 3.63) is 63.6 Å². The smallest absolute Gasteiger partial charge is 0.339 e. The van der Waals surface area contributed by atoms with Gasteiger partial charge in [-0.2, -0.15) is 0 Å². The van der Waals surface area contributed by atoms with Crippen LogP contribution in [-0.4, -0.2) is 44.3 Å². The van der Waals surface area contributed by atoms with Crippen molar-refractivity contribution in [1.29, 1.82) is 0 Å². The van der Waals surface area contributed by atoms with E-state index >= 15 is 0 Å². The van der Waals surface area contributed by atoms with Gasteiger partial charge in [0.1, 0.15) is 0 Å². The van der Waals surface area contributed by atoms with Crippen LogP contribution in [0.4, 0.5) is 5.69 Å². The first-order valence-electron chi connectivity index (χ1n) is 10.2. The largest absolute Gasteiger partial charge is 0.462 e. The summed E-state index contributed by atoms with van der Waals surface area (Å²) in [5.74, 6) is -1.26. The summed E-state index contributed by atoms with van der Waals surface area (Å²) >= 11 is 12.0. The summed E-state index contributed by atoms with van der Waals surface area (Å²) in [5, 5.41) is 3.51. The number of piperidine rings is 1. The number of carbonyl (C=O) groups is 2. The summed E-state index contributed by atoms with van der Waals surface area (Å²) in [6, 6.07) is 11.4. The van der Waals surface area contributed by atoms with Crippen molar-refractivity contribution < 1.29 is 22.7 Å². The first-order valence-corrected chi connectivity index (χ1v) is 12.6. The molecular weight excluding hydrogens is 475 g/mol. The number of esters is 1. The number of hydrogen-bond acceptors (Lipinski definition) is 5. The van der Waals surface area contributed by atoms with Crippen molar-refractivity contribution in [3.8, 4) is 0 Å². The third-order valence-corrected chi connectivity index (χ3v) is 7.60. The van der Waals surface area contributed by atoms with Crippen LogP contribution in [0.15, 0.2) is 42.5 Å². The second kappa shape index (κ2) is 10.7. The Kier molecular flexibility index (Phi) is 8.16. The Morgan fingerprint density at radius 2 is 1.84 bits per heavy atom. The number of nitrogens with one attached hydrogen (secondary N) is 1. The fourth-order valence-electron chi connectivity index (χ4n) is 3.54. The average molecular weight is 499 g/mol. The molecule has 7 nitrogen and oxygen atoms in total. The van der Waals surface area contributed by atoms with Gasteiger partial charge in [-0.1, -0.05) is 35.3 Å². The quantitative estimate of drug-likeness (QED) is 0.572. The van der Waals surface area contributed by atoms with Gasteiger partial charge in [0.15, 0.2) is 0 Å². The van der Waals surface area contributed by atoms with Crippen molar-refractivity contribution in [1.82, 2.24) is 4.31 Å². The molecule has 32 heavy (non-hydrogen) atoms. The number of amides is 1. The monoisotopic (exact) mass is 498 g/mol. The van der Waals surface area contributed by atoms with Gasteiger partial charge in [0.25, 0.3) is 0 Å². The first-order chi connectivity index (χ1) is 15.2. The Morgan fingerprint density at radius 1 is 1.12 bits per heavy atom. The van der Waals surface area contributed by atoms with Crippen LogP contribution < -0.4 is 5.32 Å². The molecule has 0 spiro atoms. The number of rotatable bonds is 7. The minimum absolute atomic E-state index is 0.133. The molecule has 1 aliphatic heterocycles. The van der Waals surface area contributed by atoms with E-state index in [-0.39, 0.29) is 47.9 Å². The lowest BCUT2D eigenvalue weighted by atomic mass is 9.97. The highest BCUT2D eigenvalue weighted by molar-refractivity contribution is 7.88. The second-order valence-electron chi connectivity index (χ2n) is 7.46. The van der Waals surface area contributed by atoms with E-state index in [1.54, 1.807) is 37.3 Å². The minimum Gasteiger partial charge on any atom is -0.462 e. The number of sulfonamides is 1. The zero-order chi connectivity index (χ0) is 23.3. The van der Waals surface area contributed by atoms with Crippen LogP contribution in [0.3, 0.4) is 0 Å². The van der Waals surface area contributed by atoms with E-state index in [2.05, 4.69) is 5.32 Å². The molecule has 1 saturated heterocycles. The molecule has 0 atom stereocenters. The fourth-order valence-corrected chi connectivity index (χ4v) is 5.50. The number of hydrogen-bond donors (Lipinski definition) is 1. The van der Waals surface area contributed by atoms with Gasteiger partial charge < -0.3 is 10.1 Å². The maximum atomic E-state index is 12.7. The van der Waals surface area contributed by atoms with Crippen molar-refractivity contribution in [2.24, 2.45) is 5.92 Å². The molecule has 0 aromatic heterocycles. The fraction of sp³-hybridized carbons (Fsp3) is 0.364. The number of halogens is 2. The molecule has 0 saturated carbocycles. The molecule has 0 bridgehead atoms. The SMILES string of the molecule is CCOC(=O)c1cc(NC(=O)C2CCN(S(=O)(=O)Cc3cccc(Cl)c3)CC2)ccc1Cl. The van der Waals surface area contributed by atoms with Crippen LogP contribution in [0.5, 0.6) is 0 Å². The highest BCUT2D eigenvalue weighted by Gasteiger charge is 2.31. The lowest BCUT2D eigenvalue weighted by molar-refractivity contribution is -0.120. The van der Waals surface area contributed by atoms with E-state index < -0.39 is 16.0 Å². The first kappa shape index (κ1) is 24.5. The molecule has 0 aliphatic carbocycles. The molecular formula is C22H24Cl2N2O5S. The maximum absolute atomic E-state index is 12.7. The van der Waals surface area contributed by atoms with Crippen molar-refractivity contribution in [3.63, 3.8) is 0 Å². The molecule has 2 aromatic carbocycles. The molecule has 0 unspecified atom stereocenters. The van der Waals surface area contributed by atoms with E-state index in [0.29, 0.717) is 29.1 Å². The van der Waals surface area contributed by atoms with Gasteiger partial charge in [0.2, 0.25) is 15.9 Å². The van der Waals surface area contributed by atoms with Crippen LogP contribution in [-0.2, 0) is 25.3 Å². The molecule has 1 aliphatic rings. The van der Waals surface area contributed by atoms with Gasteiger partial charge in [-0.25, -0.2) is 17.5 Å². The van der Waals surface area contributed by atoms with Gasteiger partial charge in [-0.05, 0) is 55.7 Å². The lowest BCUT2D eigenvalue weighted by Gasteiger charge is -2.30. The molecule has 1 amide bonds. The third kappa shape index (κ3) is 6.22. The highest BCUT2D eigenvalue weighted by atomic mass is 35.5. The summed E-state index contributed by atoms with van der Waals surface area (Å²) in [5.41, 5.74) is 1.23. The van der Waals surface area contributed by atoms with Crippen molar-refractivity contribution in [2.45, 2.75) is 25.5 Å². The third-order valence-electron chi connectivity index (χ3n) is 5.19. The van der Waals surface area contributed by atoms with Gasteiger partial charge in [-0.3, -0.25) is 4.79 Å².